The standard InChI is InChI=1S/C16H20N4O3/c1-10-14(23-13(19-10)8-22-16(2,3)4)15(21)20-6-11-5-17-9-18-12(11)7-20/h5,9H,6-8H2,1-4H3. The summed E-state index contributed by atoms with van der Waals surface area (Å²) in [5.74, 6) is 0.491. The van der Waals surface area contributed by atoms with Gasteiger partial charge in [-0.1, -0.05) is 0 Å². The van der Waals surface area contributed by atoms with Crippen molar-refractivity contribution < 1.29 is 13.9 Å². The Kier molecular flexibility index (Phi) is 3.89. The van der Waals surface area contributed by atoms with Crippen LogP contribution in [-0.2, 0) is 24.4 Å². The molecule has 0 fully saturated rings. The van der Waals surface area contributed by atoms with E-state index in [2.05, 4.69) is 15.0 Å². The van der Waals surface area contributed by atoms with Gasteiger partial charge in [0.15, 0.2) is 0 Å². The van der Waals surface area contributed by atoms with Gasteiger partial charge in [-0.15, -0.1) is 0 Å². The molecule has 122 valence electrons. The van der Waals surface area contributed by atoms with E-state index < -0.39 is 0 Å². The predicted octanol–water partition coefficient (Wildman–Crippen LogP) is 2.24. The van der Waals surface area contributed by atoms with Crippen molar-refractivity contribution in [1.82, 2.24) is 19.9 Å². The summed E-state index contributed by atoms with van der Waals surface area (Å²) in [6, 6.07) is 0. The fourth-order valence-corrected chi connectivity index (χ4v) is 2.38. The van der Waals surface area contributed by atoms with Crippen LogP contribution in [0.5, 0.6) is 0 Å². The monoisotopic (exact) mass is 316 g/mol. The highest BCUT2D eigenvalue weighted by Crippen LogP contribution is 2.23. The average Bonchev–Trinajstić information content (AvgIpc) is 3.07. The van der Waals surface area contributed by atoms with E-state index in [-0.39, 0.29) is 23.9 Å². The minimum absolute atomic E-state index is 0.185. The number of aryl methyl sites for hydroxylation is 1. The quantitative estimate of drug-likeness (QED) is 0.864. The van der Waals surface area contributed by atoms with Gasteiger partial charge in [0.2, 0.25) is 11.7 Å². The summed E-state index contributed by atoms with van der Waals surface area (Å²) in [7, 11) is 0. The summed E-state index contributed by atoms with van der Waals surface area (Å²) in [5.41, 5.74) is 2.13. The molecule has 2 aromatic rings. The second-order valence-corrected chi connectivity index (χ2v) is 6.58. The molecule has 0 spiro atoms. The van der Waals surface area contributed by atoms with Crippen LogP contribution in [0.1, 0.15) is 54.2 Å². The number of carbonyl (C=O) groups excluding carboxylic acids is 1. The van der Waals surface area contributed by atoms with Gasteiger partial charge in [-0.05, 0) is 27.7 Å². The molecule has 0 N–H and O–H groups in total. The maximum atomic E-state index is 12.7. The van der Waals surface area contributed by atoms with Crippen LogP contribution in [0.3, 0.4) is 0 Å². The number of carbonyl (C=O) groups is 1. The molecule has 0 radical (unpaired) electrons. The first-order chi connectivity index (χ1) is 10.8. The number of nitrogens with zero attached hydrogens (tertiary/aromatic N) is 4. The van der Waals surface area contributed by atoms with Gasteiger partial charge in [0.1, 0.15) is 12.9 Å². The number of fused-ring (bicyclic) bond motifs is 1. The van der Waals surface area contributed by atoms with Gasteiger partial charge in [-0.3, -0.25) is 4.79 Å². The summed E-state index contributed by atoms with van der Waals surface area (Å²) in [6.07, 6.45) is 3.24. The minimum atomic E-state index is -0.290. The molecule has 3 heterocycles. The minimum Gasteiger partial charge on any atom is -0.433 e. The Morgan fingerprint density at radius 3 is 2.87 bits per heavy atom. The highest BCUT2D eigenvalue weighted by Gasteiger charge is 2.29. The second kappa shape index (κ2) is 5.73. The van der Waals surface area contributed by atoms with Crippen LogP contribution in [0.4, 0.5) is 0 Å². The molecule has 0 saturated carbocycles. The molecule has 23 heavy (non-hydrogen) atoms. The van der Waals surface area contributed by atoms with Crippen LogP contribution < -0.4 is 0 Å². The largest absolute Gasteiger partial charge is 0.433 e. The van der Waals surface area contributed by atoms with Gasteiger partial charge < -0.3 is 14.1 Å². The predicted molar refractivity (Wildman–Crippen MR) is 81.4 cm³/mol. The van der Waals surface area contributed by atoms with Crippen molar-refractivity contribution in [3.63, 3.8) is 0 Å². The summed E-state index contributed by atoms with van der Waals surface area (Å²) in [6.45, 7) is 8.82. The van der Waals surface area contributed by atoms with Crippen LogP contribution in [0.2, 0.25) is 0 Å². The first-order valence-corrected chi connectivity index (χ1v) is 7.51. The van der Waals surface area contributed by atoms with Crippen molar-refractivity contribution in [3.05, 3.63) is 41.1 Å². The van der Waals surface area contributed by atoms with E-state index in [0.29, 0.717) is 24.7 Å². The molecule has 7 heteroatoms. The van der Waals surface area contributed by atoms with Crippen LogP contribution in [0.15, 0.2) is 16.9 Å². The third-order valence-corrected chi connectivity index (χ3v) is 3.53. The maximum Gasteiger partial charge on any atom is 0.292 e. The van der Waals surface area contributed by atoms with Crippen molar-refractivity contribution >= 4 is 5.91 Å². The molecule has 0 atom stereocenters. The molecule has 0 saturated heterocycles. The van der Waals surface area contributed by atoms with Crippen molar-refractivity contribution in [2.45, 2.75) is 53.0 Å². The fraction of sp³-hybridized carbons (Fsp3) is 0.500. The first-order valence-electron chi connectivity index (χ1n) is 7.51. The zero-order chi connectivity index (χ0) is 16.6. The van der Waals surface area contributed by atoms with E-state index >= 15 is 0 Å². The Bertz CT molecular complexity index is 708. The van der Waals surface area contributed by atoms with Crippen LogP contribution in [-0.4, -0.2) is 31.4 Å². The van der Waals surface area contributed by atoms with E-state index in [1.54, 1.807) is 18.0 Å². The number of hydrogen-bond donors (Lipinski definition) is 0. The number of rotatable bonds is 3. The molecule has 0 bridgehead atoms. The molecular formula is C16H20N4O3. The van der Waals surface area contributed by atoms with Gasteiger partial charge in [0.25, 0.3) is 5.91 Å². The van der Waals surface area contributed by atoms with E-state index in [0.717, 1.165) is 11.3 Å². The molecular weight excluding hydrogens is 296 g/mol. The molecule has 0 unspecified atom stereocenters. The first kappa shape index (κ1) is 15.6. The average molecular weight is 316 g/mol. The van der Waals surface area contributed by atoms with Crippen LogP contribution >= 0.6 is 0 Å². The second-order valence-electron chi connectivity index (χ2n) is 6.58. The molecule has 7 nitrogen and oxygen atoms in total. The zero-order valence-corrected chi connectivity index (χ0v) is 13.8. The molecule has 3 rings (SSSR count). The molecule has 1 aliphatic rings. The molecule has 2 aromatic heterocycles. The van der Waals surface area contributed by atoms with Gasteiger partial charge in [-0.2, -0.15) is 0 Å². The Morgan fingerprint density at radius 2 is 2.17 bits per heavy atom. The van der Waals surface area contributed by atoms with Crippen LogP contribution in [0.25, 0.3) is 0 Å². The van der Waals surface area contributed by atoms with Gasteiger partial charge in [0.05, 0.1) is 23.5 Å². The smallest absolute Gasteiger partial charge is 0.292 e. The number of aromatic nitrogens is 3. The number of ether oxygens (including phenoxy) is 1. The SMILES string of the molecule is Cc1nc(COC(C)(C)C)oc1C(=O)N1Cc2cncnc2C1. The molecule has 0 aromatic carbocycles. The molecule has 1 amide bonds. The van der Waals surface area contributed by atoms with Crippen LogP contribution in [0, 0.1) is 6.92 Å². The Hall–Kier alpha value is -2.28. The van der Waals surface area contributed by atoms with E-state index in [9.17, 15) is 4.79 Å². The van der Waals surface area contributed by atoms with Crippen molar-refractivity contribution in [3.8, 4) is 0 Å². The highest BCUT2D eigenvalue weighted by atomic mass is 16.5. The third kappa shape index (κ3) is 3.39. The Labute approximate surface area is 134 Å². The highest BCUT2D eigenvalue weighted by molar-refractivity contribution is 5.92. The lowest BCUT2D eigenvalue weighted by molar-refractivity contribution is -0.0246. The van der Waals surface area contributed by atoms with E-state index in [1.807, 2.05) is 20.8 Å². The van der Waals surface area contributed by atoms with Crippen molar-refractivity contribution in [2.24, 2.45) is 0 Å². The summed E-state index contributed by atoms with van der Waals surface area (Å²) in [5, 5.41) is 0. The van der Waals surface area contributed by atoms with Gasteiger partial charge in [0, 0.05) is 18.3 Å². The summed E-state index contributed by atoms with van der Waals surface area (Å²) in [4.78, 5) is 26.8. The number of hydrogen-bond acceptors (Lipinski definition) is 6. The maximum absolute atomic E-state index is 12.7. The van der Waals surface area contributed by atoms with E-state index in [1.165, 1.54) is 6.33 Å². The third-order valence-electron chi connectivity index (χ3n) is 3.53. The topological polar surface area (TPSA) is 81.4 Å². The lowest BCUT2D eigenvalue weighted by atomic mass is 10.2. The number of oxazole rings is 1. The van der Waals surface area contributed by atoms with Crippen molar-refractivity contribution in [1.29, 1.82) is 0 Å². The Morgan fingerprint density at radius 1 is 1.39 bits per heavy atom. The molecule has 1 aliphatic heterocycles. The van der Waals surface area contributed by atoms with Gasteiger partial charge in [-0.25, -0.2) is 15.0 Å². The normalized spacial score (nSPS) is 14.2. The zero-order valence-electron chi connectivity index (χ0n) is 13.8. The summed E-state index contributed by atoms with van der Waals surface area (Å²) >= 11 is 0. The van der Waals surface area contributed by atoms with Crippen molar-refractivity contribution in [2.75, 3.05) is 0 Å². The Balaban J connectivity index is 1.73. The number of amides is 1. The van der Waals surface area contributed by atoms with Gasteiger partial charge >= 0.3 is 0 Å². The lowest BCUT2D eigenvalue weighted by Crippen LogP contribution is -2.25. The summed E-state index contributed by atoms with van der Waals surface area (Å²) < 4.78 is 11.3. The fourth-order valence-electron chi connectivity index (χ4n) is 2.38. The van der Waals surface area contributed by atoms with E-state index in [4.69, 9.17) is 9.15 Å². The molecule has 0 aliphatic carbocycles. The lowest BCUT2D eigenvalue weighted by Gasteiger charge is -2.17.